The fourth-order valence-electron chi connectivity index (χ4n) is 5.87. The lowest BCUT2D eigenvalue weighted by atomic mass is 9.28. The third kappa shape index (κ3) is 2.36. The van der Waals surface area contributed by atoms with Crippen molar-refractivity contribution in [1.29, 1.82) is 0 Å². The third-order valence-electron chi connectivity index (χ3n) is 7.15. The maximum absolute atomic E-state index is 6.77. The lowest BCUT2D eigenvalue weighted by molar-refractivity contribution is 0.644. The molecule has 0 aliphatic carbocycles. The molecule has 0 saturated carbocycles. The van der Waals surface area contributed by atoms with Crippen LogP contribution in [0.2, 0.25) is 5.02 Å². The van der Waals surface area contributed by atoms with E-state index in [1.807, 2.05) is 0 Å². The Labute approximate surface area is 183 Å². The van der Waals surface area contributed by atoms with Crippen LogP contribution in [0.4, 0.5) is 0 Å². The van der Waals surface area contributed by atoms with Crippen molar-refractivity contribution in [2.75, 3.05) is 0 Å². The fraction of sp³-hybridized carbons (Fsp3) is 0.143. The van der Waals surface area contributed by atoms with Crippen LogP contribution in [0, 0.1) is 0 Å². The van der Waals surface area contributed by atoms with Crippen molar-refractivity contribution in [3.05, 3.63) is 124 Å². The number of benzene rings is 4. The lowest BCUT2D eigenvalue weighted by Gasteiger charge is -2.44. The Hall–Kier alpha value is -2.77. The smallest absolute Gasteiger partial charge is 0.0843 e. The molecule has 2 heteroatoms. The summed E-state index contributed by atoms with van der Waals surface area (Å²) in [6.45, 7) is 4.94. The van der Waals surface area contributed by atoms with Crippen molar-refractivity contribution in [1.82, 2.24) is 0 Å². The largest absolute Gasteiger partial charge is 0.242 e. The number of rotatable bonds is 1. The minimum atomic E-state index is -0.0877. The quantitative estimate of drug-likeness (QED) is 0.345. The van der Waals surface area contributed by atoms with Gasteiger partial charge in [-0.2, -0.15) is 0 Å². The molecule has 0 amide bonds. The van der Waals surface area contributed by atoms with Gasteiger partial charge in [0.2, 0.25) is 6.71 Å². The molecule has 0 nitrogen and oxygen atoms in total. The van der Waals surface area contributed by atoms with Gasteiger partial charge in [-0.3, -0.25) is 0 Å². The monoisotopic (exact) mass is 404 g/mol. The second kappa shape index (κ2) is 6.36. The molecule has 0 fully saturated rings. The van der Waals surface area contributed by atoms with Gasteiger partial charge >= 0.3 is 0 Å². The molecular formula is C28H22BCl. The Bertz CT molecular complexity index is 1290. The molecule has 30 heavy (non-hydrogen) atoms. The van der Waals surface area contributed by atoms with E-state index in [2.05, 4.69) is 105 Å². The first-order valence-electron chi connectivity index (χ1n) is 10.6. The van der Waals surface area contributed by atoms with Crippen LogP contribution in [-0.2, 0) is 5.41 Å². The summed E-state index contributed by atoms with van der Waals surface area (Å²) in [5.41, 5.74) is 11.1. The van der Waals surface area contributed by atoms with Crippen LogP contribution in [0.1, 0.15) is 47.6 Å². The van der Waals surface area contributed by atoms with E-state index >= 15 is 0 Å². The van der Waals surface area contributed by atoms with Crippen molar-refractivity contribution in [2.45, 2.75) is 25.2 Å². The van der Waals surface area contributed by atoms with Gasteiger partial charge < -0.3 is 0 Å². The highest BCUT2D eigenvalue weighted by molar-refractivity contribution is 6.97. The number of fused-ring (bicyclic) bond motifs is 4. The number of halogens is 1. The molecule has 2 aliphatic heterocycles. The highest BCUT2D eigenvalue weighted by Gasteiger charge is 2.46. The minimum absolute atomic E-state index is 0.0877. The average molecular weight is 405 g/mol. The second-order valence-corrected chi connectivity index (χ2v) is 9.51. The highest BCUT2D eigenvalue weighted by atomic mass is 35.5. The zero-order valence-corrected chi connectivity index (χ0v) is 17.9. The summed E-state index contributed by atoms with van der Waals surface area (Å²) >= 11 is 6.77. The van der Waals surface area contributed by atoms with Gasteiger partial charge in [0.05, 0.1) is 0 Å². The van der Waals surface area contributed by atoms with Gasteiger partial charge in [-0.15, -0.1) is 0 Å². The van der Waals surface area contributed by atoms with Crippen molar-refractivity contribution >= 4 is 34.7 Å². The van der Waals surface area contributed by atoms with Gasteiger partial charge in [-0.1, -0.05) is 121 Å². The molecule has 144 valence electrons. The van der Waals surface area contributed by atoms with E-state index in [-0.39, 0.29) is 18.0 Å². The molecule has 6 rings (SSSR count). The van der Waals surface area contributed by atoms with E-state index in [1.54, 1.807) is 0 Å². The van der Waals surface area contributed by atoms with Crippen molar-refractivity contribution in [3.8, 4) is 0 Å². The Morgan fingerprint density at radius 3 is 2.17 bits per heavy atom. The molecule has 0 bridgehead atoms. The van der Waals surface area contributed by atoms with E-state index < -0.39 is 0 Å². The van der Waals surface area contributed by atoms with Crippen LogP contribution in [0.3, 0.4) is 0 Å². The van der Waals surface area contributed by atoms with Gasteiger partial charge in [0.1, 0.15) is 0 Å². The molecule has 2 aliphatic rings. The zero-order chi connectivity index (χ0) is 20.5. The summed E-state index contributed by atoms with van der Waals surface area (Å²) in [5, 5.41) is 0.829. The van der Waals surface area contributed by atoms with Crippen LogP contribution in [0.15, 0.2) is 91.0 Å². The predicted octanol–water partition coefficient (Wildman–Crippen LogP) is 4.99. The molecule has 2 heterocycles. The molecule has 0 saturated heterocycles. The van der Waals surface area contributed by atoms with E-state index in [9.17, 15) is 0 Å². The topological polar surface area (TPSA) is 0 Å². The highest BCUT2D eigenvalue weighted by Crippen LogP contribution is 2.41. The molecule has 0 spiro atoms. The molecule has 4 aromatic rings. The third-order valence-corrected chi connectivity index (χ3v) is 7.36. The average Bonchev–Trinajstić information content (AvgIpc) is 2.77. The lowest BCUT2D eigenvalue weighted by Crippen LogP contribution is -2.64. The van der Waals surface area contributed by atoms with Gasteiger partial charge in [-0.05, 0) is 39.9 Å². The maximum Gasteiger partial charge on any atom is 0.242 e. The van der Waals surface area contributed by atoms with Gasteiger partial charge in [-0.25, -0.2) is 0 Å². The van der Waals surface area contributed by atoms with Crippen molar-refractivity contribution in [3.63, 3.8) is 0 Å². The molecule has 4 aromatic carbocycles. The number of hydrogen-bond acceptors (Lipinski definition) is 0. The Morgan fingerprint density at radius 1 is 0.700 bits per heavy atom. The van der Waals surface area contributed by atoms with E-state index in [0.717, 1.165) is 5.02 Å². The van der Waals surface area contributed by atoms with Crippen LogP contribution in [0.5, 0.6) is 0 Å². The molecular weight excluding hydrogens is 383 g/mol. The Balaban J connectivity index is 1.76. The SMILES string of the molecule is CC1(C)c2ccccc2B2c3ccccc3C(c3ccccc3)c3cc(Cl)cc1c32. The fourth-order valence-corrected chi connectivity index (χ4v) is 6.09. The first kappa shape index (κ1) is 18.0. The molecule has 1 atom stereocenters. The van der Waals surface area contributed by atoms with Crippen LogP contribution in [-0.4, -0.2) is 6.71 Å². The second-order valence-electron chi connectivity index (χ2n) is 9.07. The normalized spacial score (nSPS) is 17.7. The van der Waals surface area contributed by atoms with Crippen molar-refractivity contribution in [2.24, 2.45) is 0 Å². The van der Waals surface area contributed by atoms with Crippen molar-refractivity contribution < 1.29 is 0 Å². The zero-order valence-electron chi connectivity index (χ0n) is 17.2. The predicted molar refractivity (Wildman–Crippen MR) is 129 cm³/mol. The summed E-state index contributed by atoms with van der Waals surface area (Å²) in [5.74, 6) is 0.201. The van der Waals surface area contributed by atoms with Crippen LogP contribution in [0.25, 0.3) is 0 Å². The Morgan fingerprint density at radius 2 is 1.37 bits per heavy atom. The van der Waals surface area contributed by atoms with Gasteiger partial charge in [0.15, 0.2) is 0 Å². The summed E-state index contributed by atoms with van der Waals surface area (Å²) in [6.07, 6.45) is 0. The van der Waals surface area contributed by atoms with Crippen LogP contribution >= 0.6 is 11.6 Å². The summed E-state index contributed by atoms with van der Waals surface area (Å²) in [6, 6.07) is 33.2. The van der Waals surface area contributed by atoms with E-state index in [0.29, 0.717) is 0 Å². The summed E-state index contributed by atoms with van der Waals surface area (Å²) in [4.78, 5) is 0. The first-order chi connectivity index (χ1) is 14.6. The molecule has 1 unspecified atom stereocenters. The minimum Gasteiger partial charge on any atom is -0.0843 e. The maximum atomic E-state index is 6.77. The van der Waals surface area contributed by atoms with Gasteiger partial charge in [0, 0.05) is 16.4 Å². The van der Waals surface area contributed by atoms with Crippen LogP contribution < -0.4 is 16.4 Å². The van der Waals surface area contributed by atoms with Gasteiger partial charge in [0.25, 0.3) is 0 Å². The molecule has 0 radical (unpaired) electrons. The summed E-state index contributed by atoms with van der Waals surface area (Å²) in [7, 11) is 0. The standard InChI is InChI=1S/C28H22BCl/c1-28(2)22-13-7-9-15-25(22)29-24-14-8-6-12-20(24)26(18-10-4-3-5-11-18)21-16-19(30)17-23(28)27(21)29/h3-17,26H,1-2H3. The summed E-state index contributed by atoms with van der Waals surface area (Å²) < 4.78 is 0. The molecule has 0 aromatic heterocycles. The number of hydrogen-bond donors (Lipinski definition) is 0. The molecule has 0 N–H and O–H groups in total. The Kier molecular flexibility index (Phi) is 3.83. The van der Waals surface area contributed by atoms with E-state index in [1.165, 1.54) is 44.2 Å². The first-order valence-corrected chi connectivity index (χ1v) is 11.0. The van der Waals surface area contributed by atoms with E-state index in [4.69, 9.17) is 11.6 Å².